The number of anilines is 1. The van der Waals surface area contributed by atoms with Gasteiger partial charge in [0.05, 0.1) is 18.3 Å². The lowest BCUT2D eigenvalue weighted by atomic mass is 9.99. The molecule has 1 saturated carbocycles. The van der Waals surface area contributed by atoms with E-state index in [1.54, 1.807) is 25.4 Å². The summed E-state index contributed by atoms with van der Waals surface area (Å²) in [6, 6.07) is 17.1. The van der Waals surface area contributed by atoms with Gasteiger partial charge >= 0.3 is 0 Å². The summed E-state index contributed by atoms with van der Waals surface area (Å²) in [5.41, 5.74) is 4.57. The first-order valence-corrected chi connectivity index (χ1v) is 10.9. The van der Waals surface area contributed by atoms with Crippen LogP contribution in [-0.2, 0) is 0 Å². The van der Waals surface area contributed by atoms with Crippen LogP contribution in [0.2, 0.25) is 0 Å². The zero-order valence-electron chi connectivity index (χ0n) is 18.4. The Hall–Kier alpha value is -4.05. The van der Waals surface area contributed by atoms with Crippen LogP contribution in [0.5, 0.6) is 5.75 Å². The first-order valence-electron chi connectivity index (χ1n) is 10.9. The van der Waals surface area contributed by atoms with Crippen LogP contribution in [0, 0.1) is 17.1 Å². The lowest BCUT2D eigenvalue weighted by Crippen LogP contribution is -2.26. The lowest BCUT2D eigenvalue weighted by Gasteiger charge is -2.24. The van der Waals surface area contributed by atoms with E-state index in [1.807, 2.05) is 30.3 Å². The fourth-order valence-electron chi connectivity index (χ4n) is 4.29. The van der Waals surface area contributed by atoms with Gasteiger partial charge in [0.1, 0.15) is 23.3 Å². The van der Waals surface area contributed by atoms with Crippen molar-refractivity contribution in [2.75, 3.05) is 18.6 Å². The molecule has 0 radical (unpaired) electrons. The summed E-state index contributed by atoms with van der Waals surface area (Å²) < 4.78 is 19.9. The molecule has 2 heterocycles. The summed E-state index contributed by atoms with van der Waals surface area (Å²) in [6.45, 7) is 2.90. The summed E-state index contributed by atoms with van der Waals surface area (Å²) in [4.78, 5) is 6.41. The van der Waals surface area contributed by atoms with Crippen molar-refractivity contribution in [3.05, 3.63) is 66.2 Å². The van der Waals surface area contributed by atoms with Gasteiger partial charge in [-0.25, -0.2) is 4.39 Å². The molecule has 2 aromatic carbocycles. The summed E-state index contributed by atoms with van der Waals surface area (Å²) in [5, 5.41) is 19.1. The monoisotopic (exact) mass is 439 g/mol. The molecule has 0 atom stereocenters. The van der Waals surface area contributed by atoms with E-state index in [4.69, 9.17) is 4.74 Å². The van der Waals surface area contributed by atoms with Gasteiger partial charge in [-0.2, -0.15) is 5.26 Å². The van der Waals surface area contributed by atoms with Gasteiger partial charge < -0.3 is 9.64 Å². The number of ether oxygens (including phenoxy) is 1. The van der Waals surface area contributed by atoms with Crippen molar-refractivity contribution in [2.24, 2.45) is 0 Å². The van der Waals surface area contributed by atoms with Gasteiger partial charge in [-0.3, -0.25) is 4.98 Å². The fraction of sp³-hybridized carbons (Fsp3) is 0.231. The van der Waals surface area contributed by atoms with Gasteiger partial charge in [0, 0.05) is 35.3 Å². The Morgan fingerprint density at radius 3 is 2.64 bits per heavy atom. The minimum atomic E-state index is -0.384. The largest absolute Gasteiger partial charge is 0.496 e. The zero-order chi connectivity index (χ0) is 22.9. The highest BCUT2D eigenvalue weighted by Gasteiger charge is 2.31. The Morgan fingerprint density at radius 1 is 1.12 bits per heavy atom. The summed E-state index contributed by atoms with van der Waals surface area (Å²) in [5.74, 6) is 0.220. The zero-order valence-corrected chi connectivity index (χ0v) is 18.4. The van der Waals surface area contributed by atoms with E-state index >= 15 is 0 Å². The van der Waals surface area contributed by atoms with Gasteiger partial charge in [0.2, 0.25) is 0 Å². The van der Waals surface area contributed by atoms with E-state index in [0.717, 1.165) is 41.6 Å². The normalized spacial score (nSPS) is 13.0. The molecule has 6 nitrogen and oxygen atoms in total. The number of aromatic nitrogens is 3. The number of rotatable bonds is 6. The first-order chi connectivity index (χ1) is 16.1. The van der Waals surface area contributed by atoms with Crippen LogP contribution in [0.15, 0.2) is 54.7 Å². The van der Waals surface area contributed by atoms with Crippen LogP contribution in [-0.4, -0.2) is 34.9 Å². The number of methoxy groups -OCH3 is 1. The van der Waals surface area contributed by atoms with E-state index in [-0.39, 0.29) is 11.5 Å². The van der Waals surface area contributed by atoms with Crippen LogP contribution in [0.1, 0.15) is 25.5 Å². The van der Waals surface area contributed by atoms with Crippen molar-refractivity contribution >= 4 is 16.6 Å². The summed E-state index contributed by atoms with van der Waals surface area (Å²) in [7, 11) is 1.59. The lowest BCUT2D eigenvalue weighted by molar-refractivity contribution is 0.416. The predicted molar refractivity (Wildman–Crippen MR) is 125 cm³/mol. The fourth-order valence-corrected chi connectivity index (χ4v) is 4.29. The number of hydrogen-bond acceptors (Lipinski definition) is 6. The standard InChI is InChI=1S/C26H22FN5O/c1-3-32(18-8-9-18)26-20-11-6-16(13-22(20)30-31-23(26)15-28)19-10-7-17(14-24(19)33-2)25-21(27)5-4-12-29-25/h4-7,10-14,18H,3,8-9H2,1-2H3. The quantitative estimate of drug-likeness (QED) is 0.402. The van der Waals surface area contributed by atoms with E-state index in [1.165, 1.54) is 6.07 Å². The van der Waals surface area contributed by atoms with E-state index in [2.05, 4.69) is 33.1 Å². The first kappa shape index (κ1) is 20.8. The summed E-state index contributed by atoms with van der Waals surface area (Å²) in [6.07, 6.45) is 3.82. The molecule has 5 rings (SSSR count). The third-order valence-electron chi connectivity index (χ3n) is 6.00. The number of benzene rings is 2. The Labute approximate surface area is 191 Å². The van der Waals surface area contributed by atoms with Crippen molar-refractivity contribution in [3.8, 4) is 34.2 Å². The van der Waals surface area contributed by atoms with Crippen LogP contribution in [0.4, 0.5) is 10.1 Å². The van der Waals surface area contributed by atoms with E-state index < -0.39 is 0 Å². The molecule has 1 aliphatic rings. The number of pyridine rings is 1. The predicted octanol–water partition coefficient (Wildman–Crippen LogP) is 5.37. The number of fused-ring (bicyclic) bond motifs is 1. The third kappa shape index (κ3) is 3.74. The van der Waals surface area contributed by atoms with E-state index in [0.29, 0.717) is 28.6 Å². The summed E-state index contributed by atoms with van der Waals surface area (Å²) >= 11 is 0. The van der Waals surface area contributed by atoms with Crippen molar-refractivity contribution in [2.45, 2.75) is 25.8 Å². The van der Waals surface area contributed by atoms with Crippen molar-refractivity contribution in [1.82, 2.24) is 15.2 Å². The number of hydrogen-bond donors (Lipinski definition) is 0. The van der Waals surface area contributed by atoms with Gasteiger partial charge in [-0.15, -0.1) is 10.2 Å². The molecule has 0 unspecified atom stereocenters. The maximum Gasteiger partial charge on any atom is 0.187 e. The minimum Gasteiger partial charge on any atom is -0.496 e. The second-order valence-electron chi connectivity index (χ2n) is 8.01. The third-order valence-corrected chi connectivity index (χ3v) is 6.00. The SMILES string of the molecule is CCN(c1c(C#N)nnc2cc(-c3ccc(-c4ncccc4F)cc3OC)ccc12)C1CC1. The molecule has 1 fully saturated rings. The van der Waals surface area contributed by atoms with Crippen molar-refractivity contribution < 1.29 is 9.13 Å². The van der Waals surface area contributed by atoms with Gasteiger partial charge in [0.25, 0.3) is 0 Å². The number of nitriles is 1. The van der Waals surface area contributed by atoms with Gasteiger partial charge in [-0.05, 0) is 61.7 Å². The second-order valence-corrected chi connectivity index (χ2v) is 8.01. The molecular weight excluding hydrogens is 417 g/mol. The van der Waals surface area contributed by atoms with Crippen LogP contribution in [0.25, 0.3) is 33.3 Å². The van der Waals surface area contributed by atoms with Crippen LogP contribution >= 0.6 is 0 Å². The molecule has 33 heavy (non-hydrogen) atoms. The second kappa shape index (κ2) is 8.47. The maximum atomic E-state index is 14.2. The smallest absolute Gasteiger partial charge is 0.187 e. The Balaban J connectivity index is 1.61. The molecule has 0 N–H and O–H groups in total. The van der Waals surface area contributed by atoms with E-state index in [9.17, 15) is 9.65 Å². The molecule has 0 bridgehead atoms. The Morgan fingerprint density at radius 2 is 1.94 bits per heavy atom. The maximum absolute atomic E-state index is 14.2. The molecule has 2 aromatic heterocycles. The average Bonchev–Trinajstić information content (AvgIpc) is 3.69. The van der Waals surface area contributed by atoms with Crippen molar-refractivity contribution in [1.29, 1.82) is 5.26 Å². The van der Waals surface area contributed by atoms with Crippen molar-refractivity contribution in [3.63, 3.8) is 0 Å². The molecule has 164 valence electrons. The molecule has 0 spiro atoms. The molecule has 0 amide bonds. The highest BCUT2D eigenvalue weighted by atomic mass is 19.1. The highest BCUT2D eigenvalue weighted by molar-refractivity contribution is 5.96. The number of nitrogens with zero attached hydrogens (tertiary/aromatic N) is 5. The topological polar surface area (TPSA) is 74.9 Å². The average molecular weight is 439 g/mol. The molecule has 4 aromatic rings. The van der Waals surface area contributed by atoms with Gasteiger partial charge in [-0.1, -0.05) is 12.1 Å². The molecule has 1 aliphatic carbocycles. The molecule has 0 saturated heterocycles. The van der Waals surface area contributed by atoms with Gasteiger partial charge in [0.15, 0.2) is 5.69 Å². The Bertz CT molecular complexity index is 1390. The highest BCUT2D eigenvalue weighted by Crippen LogP contribution is 2.39. The number of halogens is 1. The Kier molecular flexibility index (Phi) is 5.35. The van der Waals surface area contributed by atoms with Crippen LogP contribution < -0.4 is 9.64 Å². The molecular formula is C26H22FN5O. The molecule has 7 heteroatoms. The molecule has 0 aliphatic heterocycles. The minimum absolute atomic E-state index is 0.278. The van der Waals surface area contributed by atoms with Crippen LogP contribution in [0.3, 0.4) is 0 Å².